The lowest BCUT2D eigenvalue weighted by Crippen LogP contribution is -2.40. The number of hydrogen-bond donors (Lipinski definition) is 2. The van der Waals surface area contributed by atoms with Gasteiger partial charge < -0.3 is 10.4 Å². The Bertz CT molecular complexity index is 750. The molecule has 0 bridgehead atoms. The first-order chi connectivity index (χ1) is 10.9. The molecule has 0 radical (unpaired) electrons. The number of nitrogens with one attached hydrogen (secondary N) is 1. The molecule has 3 rings (SSSR count). The number of aliphatic hydroxyl groups is 1. The Morgan fingerprint density at radius 3 is 2.70 bits per heavy atom. The SMILES string of the molecule is C[C@@]1(c2cccs2)NC(=O)N(C[C@H](O)c2ccccc2F)C1=O. The fraction of sp³-hybridized carbons (Fsp3) is 0.250. The number of β-amino-alcohol motifs (C(OH)–C–C–N with tert-alkyl or cyclic N) is 1. The van der Waals surface area contributed by atoms with E-state index in [1.165, 1.54) is 29.5 Å². The molecule has 0 unspecified atom stereocenters. The smallest absolute Gasteiger partial charge is 0.325 e. The van der Waals surface area contributed by atoms with Crippen molar-refractivity contribution in [1.82, 2.24) is 10.2 Å². The van der Waals surface area contributed by atoms with Crippen molar-refractivity contribution in [3.8, 4) is 0 Å². The first-order valence-corrected chi connectivity index (χ1v) is 7.92. The van der Waals surface area contributed by atoms with Gasteiger partial charge in [-0.25, -0.2) is 9.18 Å². The van der Waals surface area contributed by atoms with Gasteiger partial charge in [0, 0.05) is 10.4 Å². The van der Waals surface area contributed by atoms with Crippen LogP contribution in [0.15, 0.2) is 41.8 Å². The Morgan fingerprint density at radius 1 is 1.30 bits per heavy atom. The van der Waals surface area contributed by atoms with E-state index in [-0.39, 0.29) is 12.1 Å². The van der Waals surface area contributed by atoms with Crippen LogP contribution >= 0.6 is 11.3 Å². The van der Waals surface area contributed by atoms with Gasteiger partial charge in [-0.3, -0.25) is 9.69 Å². The maximum Gasteiger partial charge on any atom is 0.325 e. The van der Waals surface area contributed by atoms with E-state index in [1.54, 1.807) is 25.1 Å². The molecule has 23 heavy (non-hydrogen) atoms. The summed E-state index contributed by atoms with van der Waals surface area (Å²) < 4.78 is 13.7. The molecule has 0 aliphatic carbocycles. The summed E-state index contributed by atoms with van der Waals surface area (Å²) in [5, 5.41) is 14.7. The third kappa shape index (κ3) is 2.62. The molecular formula is C16H15FN2O3S. The number of rotatable bonds is 4. The molecule has 1 saturated heterocycles. The van der Waals surface area contributed by atoms with E-state index in [4.69, 9.17) is 0 Å². The van der Waals surface area contributed by atoms with Crippen LogP contribution in [0.4, 0.5) is 9.18 Å². The Balaban J connectivity index is 1.83. The van der Waals surface area contributed by atoms with E-state index < -0.39 is 29.4 Å². The van der Waals surface area contributed by atoms with E-state index >= 15 is 0 Å². The van der Waals surface area contributed by atoms with Gasteiger partial charge in [0.15, 0.2) is 5.54 Å². The minimum absolute atomic E-state index is 0.0535. The van der Waals surface area contributed by atoms with Gasteiger partial charge in [0.2, 0.25) is 0 Å². The molecule has 1 aromatic heterocycles. The normalized spacial score (nSPS) is 22.3. The molecule has 2 aromatic rings. The highest BCUT2D eigenvalue weighted by atomic mass is 32.1. The van der Waals surface area contributed by atoms with Crippen LogP contribution in [0.3, 0.4) is 0 Å². The van der Waals surface area contributed by atoms with E-state index in [0.717, 1.165) is 4.90 Å². The molecule has 2 N–H and O–H groups in total. The number of carbonyl (C=O) groups is 2. The van der Waals surface area contributed by atoms with Crippen LogP contribution in [0.2, 0.25) is 0 Å². The highest BCUT2D eigenvalue weighted by Crippen LogP contribution is 2.32. The highest BCUT2D eigenvalue weighted by Gasteiger charge is 2.50. The van der Waals surface area contributed by atoms with Crippen LogP contribution in [0, 0.1) is 5.82 Å². The maximum atomic E-state index is 13.7. The van der Waals surface area contributed by atoms with E-state index in [1.807, 2.05) is 5.38 Å². The Kier molecular flexibility index (Phi) is 3.91. The minimum Gasteiger partial charge on any atom is -0.386 e. The van der Waals surface area contributed by atoms with Crippen molar-refractivity contribution >= 4 is 23.3 Å². The zero-order valence-corrected chi connectivity index (χ0v) is 13.1. The highest BCUT2D eigenvalue weighted by molar-refractivity contribution is 7.10. The molecule has 1 fully saturated rings. The molecule has 3 amide bonds. The zero-order chi connectivity index (χ0) is 16.6. The summed E-state index contributed by atoms with van der Waals surface area (Å²) in [6.07, 6.45) is -1.28. The van der Waals surface area contributed by atoms with Gasteiger partial charge in [-0.05, 0) is 24.4 Å². The van der Waals surface area contributed by atoms with E-state index in [0.29, 0.717) is 4.88 Å². The van der Waals surface area contributed by atoms with Gasteiger partial charge >= 0.3 is 6.03 Å². The summed E-state index contributed by atoms with van der Waals surface area (Å²) in [7, 11) is 0. The van der Waals surface area contributed by atoms with Crippen molar-refractivity contribution in [2.75, 3.05) is 6.54 Å². The average Bonchev–Trinajstić information content (AvgIpc) is 3.12. The molecule has 7 heteroatoms. The second-order valence-corrected chi connectivity index (χ2v) is 6.43. The molecule has 2 heterocycles. The van der Waals surface area contributed by atoms with Crippen LogP contribution in [-0.2, 0) is 10.3 Å². The fourth-order valence-electron chi connectivity index (χ4n) is 2.61. The number of hydrogen-bond acceptors (Lipinski definition) is 4. The van der Waals surface area contributed by atoms with E-state index in [2.05, 4.69) is 5.32 Å². The lowest BCUT2D eigenvalue weighted by atomic mass is 10.0. The fourth-order valence-corrected chi connectivity index (χ4v) is 3.44. The van der Waals surface area contributed by atoms with E-state index in [9.17, 15) is 19.1 Å². The standard InChI is InChI=1S/C16H15FN2O3S/c1-16(13-7-4-8-23-13)14(21)19(15(22)18-16)9-12(20)10-5-2-3-6-11(10)17/h2-8,12,20H,9H2,1H3,(H,18,22)/t12-,16-/m0/s1. The topological polar surface area (TPSA) is 69.6 Å². The Hall–Kier alpha value is -2.25. The summed E-state index contributed by atoms with van der Waals surface area (Å²) in [6, 6.07) is 8.70. The number of halogens is 1. The molecule has 0 saturated carbocycles. The Labute approximate surface area is 136 Å². The number of aliphatic hydroxyl groups excluding tert-OH is 1. The van der Waals surface area contributed by atoms with Crippen molar-refractivity contribution in [3.63, 3.8) is 0 Å². The number of imide groups is 1. The van der Waals surface area contributed by atoms with Crippen LogP contribution in [0.1, 0.15) is 23.5 Å². The number of carbonyl (C=O) groups excluding carboxylic acids is 2. The monoisotopic (exact) mass is 334 g/mol. The first-order valence-electron chi connectivity index (χ1n) is 7.04. The van der Waals surface area contributed by atoms with Crippen molar-refractivity contribution in [2.45, 2.75) is 18.6 Å². The largest absolute Gasteiger partial charge is 0.386 e. The van der Waals surface area contributed by atoms with Crippen molar-refractivity contribution < 1.29 is 19.1 Å². The minimum atomic E-state index is -1.28. The van der Waals surface area contributed by atoms with Gasteiger partial charge in [-0.1, -0.05) is 24.3 Å². The number of urea groups is 1. The van der Waals surface area contributed by atoms with Crippen molar-refractivity contribution in [1.29, 1.82) is 0 Å². The third-order valence-electron chi connectivity index (χ3n) is 3.91. The van der Waals surface area contributed by atoms with Gasteiger partial charge in [-0.2, -0.15) is 0 Å². The lowest BCUT2D eigenvalue weighted by Gasteiger charge is -2.21. The molecule has 2 atom stereocenters. The second kappa shape index (κ2) is 5.75. The molecular weight excluding hydrogens is 319 g/mol. The maximum absolute atomic E-state index is 13.7. The van der Waals surface area contributed by atoms with Crippen LogP contribution < -0.4 is 5.32 Å². The number of nitrogens with zero attached hydrogens (tertiary/aromatic N) is 1. The summed E-state index contributed by atoms with van der Waals surface area (Å²) in [5.41, 5.74) is -1.10. The predicted molar refractivity (Wildman–Crippen MR) is 83.3 cm³/mol. The number of thiophene rings is 1. The summed E-state index contributed by atoms with van der Waals surface area (Å²) in [5.74, 6) is -1.03. The Morgan fingerprint density at radius 2 is 2.04 bits per heavy atom. The van der Waals surface area contributed by atoms with Gasteiger partial charge in [0.25, 0.3) is 5.91 Å². The molecule has 120 valence electrons. The molecule has 1 aromatic carbocycles. The first kappa shape index (κ1) is 15.6. The summed E-state index contributed by atoms with van der Waals surface area (Å²) in [6.45, 7) is 1.32. The molecule has 0 spiro atoms. The second-order valence-electron chi connectivity index (χ2n) is 5.49. The van der Waals surface area contributed by atoms with Gasteiger partial charge in [0.05, 0.1) is 12.6 Å². The predicted octanol–water partition coefficient (Wildman–Crippen LogP) is 2.39. The number of amides is 3. The van der Waals surface area contributed by atoms with Crippen molar-refractivity contribution in [3.05, 3.63) is 58.0 Å². The average molecular weight is 334 g/mol. The lowest BCUT2D eigenvalue weighted by molar-refractivity contribution is -0.132. The quantitative estimate of drug-likeness (QED) is 0.844. The third-order valence-corrected chi connectivity index (χ3v) is 5.00. The summed E-state index contributed by atoms with van der Waals surface area (Å²) in [4.78, 5) is 26.4. The van der Waals surface area contributed by atoms with Gasteiger partial charge in [0.1, 0.15) is 5.82 Å². The molecule has 5 nitrogen and oxygen atoms in total. The van der Waals surface area contributed by atoms with Crippen LogP contribution in [-0.4, -0.2) is 28.5 Å². The zero-order valence-electron chi connectivity index (χ0n) is 12.3. The van der Waals surface area contributed by atoms with Gasteiger partial charge in [-0.15, -0.1) is 11.3 Å². The van der Waals surface area contributed by atoms with Crippen molar-refractivity contribution in [2.24, 2.45) is 0 Å². The molecule has 1 aliphatic rings. The van der Waals surface area contributed by atoms with Crippen LogP contribution in [0.5, 0.6) is 0 Å². The number of benzene rings is 1. The molecule has 1 aliphatic heterocycles. The summed E-state index contributed by atoms with van der Waals surface area (Å²) >= 11 is 1.36. The van der Waals surface area contributed by atoms with Crippen LogP contribution in [0.25, 0.3) is 0 Å².